The first-order valence-corrected chi connectivity index (χ1v) is 6.06. The van der Waals surface area contributed by atoms with Crippen LogP contribution in [0.5, 0.6) is 11.5 Å². The van der Waals surface area contributed by atoms with Crippen LogP contribution in [-0.4, -0.2) is 27.0 Å². The van der Waals surface area contributed by atoms with Crippen molar-refractivity contribution in [2.24, 2.45) is 0 Å². The number of hydrogen-bond donors (Lipinski definition) is 1. The Hall–Kier alpha value is -2.08. The minimum Gasteiger partial charge on any atom is -0.493 e. The molecule has 0 saturated heterocycles. The van der Waals surface area contributed by atoms with Crippen molar-refractivity contribution in [2.45, 2.75) is 26.7 Å². The van der Waals surface area contributed by atoms with Gasteiger partial charge in [-0.25, -0.2) is 9.67 Å². The van der Waals surface area contributed by atoms with Gasteiger partial charge in [-0.3, -0.25) is 0 Å². The molecule has 102 valence electrons. The fourth-order valence-electron chi connectivity index (χ4n) is 1.81. The number of methoxy groups -OCH3 is 1. The second-order valence-electron chi connectivity index (χ2n) is 3.89. The number of aliphatic hydroxyl groups excluding tert-OH is 1. The van der Waals surface area contributed by atoms with E-state index in [1.807, 2.05) is 13.0 Å². The van der Waals surface area contributed by atoms with Gasteiger partial charge in [0.25, 0.3) is 0 Å². The summed E-state index contributed by atoms with van der Waals surface area (Å²) in [5.41, 5.74) is 0.682. The fraction of sp³-hybridized carbons (Fsp3) is 0.385. The highest BCUT2D eigenvalue weighted by Gasteiger charge is 2.11. The van der Waals surface area contributed by atoms with Crippen LogP contribution < -0.4 is 9.47 Å². The molecule has 1 heterocycles. The number of aliphatic hydroxyl groups is 1. The van der Waals surface area contributed by atoms with Gasteiger partial charge < -0.3 is 14.6 Å². The Morgan fingerprint density at radius 2 is 2.21 bits per heavy atom. The van der Waals surface area contributed by atoms with E-state index in [-0.39, 0.29) is 13.2 Å². The zero-order chi connectivity index (χ0) is 13.7. The third-order valence-corrected chi connectivity index (χ3v) is 2.79. The Balaban J connectivity index is 2.19. The molecular formula is C13H17N3O3. The number of ether oxygens (including phenoxy) is 2. The second-order valence-corrected chi connectivity index (χ2v) is 3.89. The van der Waals surface area contributed by atoms with Gasteiger partial charge >= 0.3 is 0 Å². The van der Waals surface area contributed by atoms with Gasteiger partial charge in [-0.1, -0.05) is 12.1 Å². The van der Waals surface area contributed by atoms with E-state index >= 15 is 0 Å². The van der Waals surface area contributed by atoms with Gasteiger partial charge in [0.2, 0.25) is 0 Å². The normalized spacial score (nSPS) is 10.5. The van der Waals surface area contributed by atoms with Crippen LogP contribution in [0.15, 0.2) is 24.5 Å². The zero-order valence-corrected chi connectivity index (χ0v) is 11.0. The smallest absolute Gasteiger partial charge is 0.167 e. The Morgan fingerprint density at radius 1 is 1.37 bits per heavy atom. The Morgan fingerprint density at radius 3 is 2.89 bits per heavy atom. The first-order chi connectivity index (χ1) is 9.30. The SMILES string of the molecule is CCn1ncnc1COc1c(CO)cccc1OC. The highest BCUT2D eigenvalue weighted by molar-refractivity contribution is 5.46. The molecule has 0 unspecified atom stereocenters. The summed E-state index contributed by atoms with van der Waals surface area (Å²) in [6, 6.07) is 5.40. The van der Waals surface area contributed by atoms with Gasteiger partial charge in [-0.2, -0.15) is 5.10 Å². The molecule has 2 rings (SSSR count). The Labute approximate surface area is 111 Å². The molecule has 0 amide bonds. The maximum absolute atomic E-state index is 9.33. The lowest BCUT2D eigenvalue weighted by Crippen LogP contribution is -2.08. The summed E-state index contributed by atoms with van der Waals surface area (Å²) in [6.45, 7) is 2.89. The summed E-state index contributed by atoms with van der Waals surface area (Å²) in [6.07, 6.45) is 1.50. The zero-order valence-electron chi connectivity index (χ0n) is 11.0. The van der Waals surface area contributed by atoms with Gasteiger partial charge in [0.05, 0.1) is 13.7 Å². The largest absolute Gasteiger partial charge is 0.493 e. The fourth-order valence-corrected chi connectivity index (χ4v) is 1.81. The third kappa shape index (κ3) is 2.85. The number of para-hydroxylation sites is 1. The van der Waals surface area contributed by atoms with Crippen molar-refractivity contribution in [3.63, 3.8) is 0 Å². The van der Waals surface area contributed by atoms with Crippen LogP contribution in [0.4, 0.5) is 0 Å². The number of rotatable bonds is 6. The molecule has 1 N–H and O–H groups in total. The lowest BCUT2D eigenvalue weighted by molar-refractivity contribution is 0.243. The van der Waals surface area contributed by atoms with E-state index in [2.05, 4.69) is 10.1 Å². The average molecular weight is 263 g/mol. The minimum atomic E-state index is -0.104. The van der Waals surface area contributed by atoms with E-state index in [1.165, 1.54) is 6.33 Å². The first kappa shape index (κ1) is 13.4. The average Bonchev–Trinajstić information content (AvgIpc) is 2.91. The van der Waals surface area contributed by atoms with Crippen LogP contribution in [0.3, 0.4) is 0 Å². The molecule has 6 heteroatoms. The quantitative estimate of drug-likeness (QED) is 0.852. The Bertz CT molecular complexity index is 517. The predicted octanol–water partition coefficient (Wildman–Crippen LogP) is 1.38. The van der Waals surface area contributed by atoms with Gasteiger partial charge in [0.15, 0.2) is 17.3 Å². The Kier molecular flexibility index (Phi) is 4.35. The van der Waals surface area contributed by atoms with Crippen LogP contribution in [0.25, 0.3) is 0 Å². The molecule has 2 aromatic rings. The van der Waals surface area contributed by atoms with Crippen LogP contribution in [0, 0.1) is 0 Å². The molecule has 0 bridgehead atoms. The van der Waals surface area contributed by atoms with Gasteiger partial charge in [-0.15, -0.1) is 0 Å². The molecule has 0 fully saturated rings. The van der Waals surface area contributed by atoms with Crippen LogP contribution in [-0.2, 0) is 19.8 Å². The van der Waals surface area contributed by atoms with Crippen molar-refractivity contribution >= 4 is 0 Å². The lowest BCUT2D eigenvalue weighted by Gasteiger charge is -2.13. The third-order valence-electron chi connectivity index (χ3n) is 2.79. The summed E-state index contributed by atoms with van der Waals surface area (Å²) in [4.78, 5) is 4.14. The van der Waals surface area contributed by atoms with Gasteiger partial charge in [0, 0.05) is 12.1 Å². The van der Waals surface area contributed by atoms with E-state index in [0.29, 0.717) is 17.1 Å². The van der Waals surface area contributed by atoms with Gasteiger partial charge in [-0.05, 0) is 13.0 Å². The summed E-state index contributed by atoms with van der Waals surface area (Å²) in [7, 11) is 1.57. The molecule has 6 nitrogen and oxygen atoms in total. The van der Waals surface area contributed by atoms with E-state index in [1.54, 1.807) is 23.9 Å². The molecule has 1 aromatic carbocycles. The number of hydrogen-bond acceptors (Lipinski definition) is 5. The summed E-state index contributed by atoms with van der Waals surface area (Å²) >= 11 is 0. The van der Waals surface area contributed by atoms with E-state index in [0.717, 1.165) is 12.4 Å². The van der Waals surface area contributed by atoms with Crippen molar-refractivity contribution in [3.8, 4) is 11.5 Å². The minimum absolute atomic E-state index is 0.104. The predicted molar refractivity (Wildman–Crippen MR) is 68.9 cm³/mol. The highest BCUT2D eigenvalue weighted by atomic mass is 16.5. The van der Waals surface area contributed by atoms with Crippen molar-refractivity contribution in [1.82, 2.24) is 14.8 Å². The monoisotopic (exact) mass is 263 g/mol. The molecule has 19 heavy (non-hydrogen) atoms. The van der Waals surface area contributed by atoms with E-state index in [9.17, 15) is 5.11 Å². The molecule has 1 aromatic heterocycles. The standard InChI is InChI=1S/C13H17N3O3/c1-3-16-12(14-9-15-16)8-19-13-10(7-17)5-4-6-11(13)18-2/h4-6,9,17H,3,7-8H2,1-2H3. The maximum atomic E-state index is 9.33. The van der Waals surface area contributed by atoms with E-state index < -0.39 is 0 Å². The molecule has 0 radical (unpaired) electrons. The second kappa shape index (κ2) is 6.19. The highest BCUT2D eigenvalue weighted by Crippen LogP contribution is 2.31. The van der Waals surface area contributed by atoms with Crippen LogP contribution in [0.1, 0.15) is 18.3 Å². The number of aromatic nitrogens is 3. The molecule has 0 spiro atoms. The number of aryl methyl sites for hydroxylation is 1. The van der Waals surface area contributed by atoms with Crippen LogP contribution in [0.2, 0.25) is 0 Å². The summed E-state index contributed by atoms with van der Waals surface area (Å²) < 4.78 is 12.7. The van der Waals surface area contributed by atoms with Crippen molar-refractivity contribution in [2.75, 3.05) is 7.11 Å². The molecule has 0 saturated carbocycles. The van der Waals surface area contributed by atoms with Crippen molar-refractivity contribution in [3.05, 3.63) is 35.9 Å². The van der Waals surface area contributed by atoms with Crippen molar-refractivity contribution < 1.29 is 14.6 Å². The lowest BCUT2D eigenvalue weighted by atomic mass is 10.2. The topological polar surface area (TPSA) is 69.4 Å². The van der Waals surface area contributed by atoms with Crippen LogP contribution >= 0.6 is 0 Å². The molecule has 0 aliphatic heterocycles. The summed E-state index contributed by atoms with van der Waals surface area (Å²) in [5.74, 6) is 1.87. The number of benzene rings is 1. The van der Waals surface area contributed by atoms with Gasteiger partial charge in [0.1, 0.15) is 12.9 Å². The molecule has 0 aliphatic rings. The molecular weight excluding hydrogens is 246 g/mol. The van der Waals surface area contributed by atoms with Crippen molar-refractivity contribution in [1.29, 1.82) is 0 Å². The summed E-state index contributed by atoms with van der Waals surface area (Å²) in [5, 5.41) is 13.4. The molecule has 0 aliphatic carbocycles. The first-order valence-electron chi connectivity index (χ1n) is 6.06. The van der Waals surface area contributed by atoms with E-state index in [4.69, 9.17) is 9.47 Å². The maximum Gasteiger partial charge on any atom is 0.167 e. The molecule has 0 atom stereocenters. The number of nitrogens with zero attached hydrogens (tertiary/aromatic N) is 3.